The molecule has 0 amide bonds. The Labute approximate surface area is 207 Å². The van der Waals surface area contributed by atoms with Crippen LogP contribution in [-0.2, 0) is 14.3 Å². The molecule has 184 valence electrons. The molecule has 0 bridgehead atoms. The lowest BCUT2D eigenvalue weighted by Gasteiger charge is -2.24. The highest BCUT2D eigenvalue weighted by molar-refractivity contribution is 5.90. The first kappa shape index (κ1) is 25.9. The van der Waals surface area contributed by atoms with Gasteiger partial charge in [0.05, 0.1) is 12.7 Å². The Balaban J connectivity index is 1.90. The molecule has 0 fully saturated rings. The first-order valence-electron chi connectivity index (χ1n) is 10.8. The second kappa shape index (κ2) is 12.1. The molecule has 3 aromatic rings. The standard InChI is InChI=1S/C28H24O8/c1-35-23-14-12-22(13-15-23)28(34)36-27(21-10-4-19(5-11-21)7-17-25(31)32)26(33)20-8-2-18(3-9-20)6-16-24(29)30/h2-17,26-27,33H,1H3,(H,29,30)(H,31,32)/b16-6+,17-7+. The zero-order valence-electron chi connectivity index (χ0n) is 19.3. The maximum atomic E-state index is 12.9. The van der Waals surface area contributed by atoms with Crippen molar-refractivity contribution < 1.29 is 39.2 Å². The molecule has 0 radical (unpaired) electrons. The van der Waals surface area contributed by atoms with E-state index >= 15 is 0 Å². The van der Waals surface area contributed by atoms with E-state index in [1.807, 2.05) is 0 Å². The number of carboxylic acid groups (broad SMARTS) is 2. The summed E-state index contributed by atoms with van der Waals surface area (Å²) in [5.41, 5.74) is 2.44. The zero-order chi connectivity index (χ0) is 26.1. The Hall–Kier alpha value is -4.69. The summed E-state index contributed by atoms with van der Waals surface area (Å²) in [4.78, 5) is 34.4. The Morgan fingerprint density at radius 1 is 0.722 bits per heavy atom. The highest BCUT2D eigenvalue weighted by atomic mass is 16.6. The number of aliphatic hydroxyl groups is 1. The third kappa shape index (κ3) is 7.15. The van der Waals surface area contributed by atoms with Gasteiger partial charge in [0.1, 0.15) is 11.9 Å². The molecule has 3 rings (SSSR count). The van der Waals surface area contributed by atoms with E-state index in [2.05, 4.69) is 0 Å². The van der Waals surface area contributed by atoms with Gasteiger partial charge < -0.3 is 24.8 Å². The van der Waals surface area contributed by atoms with Crippen molar-refractivity contribution in [2.24, 2.45) is 0 Å². The molecule has 36 heavy (non-hydrogen) atoms. The Kier molecular flexibility index (Phi) is 8.74. The molecule has 3 N–H and O–H groups in total. The van der Waals surface area contributed by atoms with Crippen molar-refractivity contribution >= 4 is 30.1 Å². The molecule has 2 unspecified atom stereocenters. The molecule has 0 heterocycles. The molecule has 0 saturated heterocycles. The lowest BCUT2D eigenvalue weighted by molar-refractivity contribution is -0.132. The van der Waals surface area contributed by atoms with E-state index < -0.39 is 30.1 Å². The summed E-state index contributed by atoms with van der Waals surface area (Å²) < 4.78 is 10.8. The maximum absolute atomic E-state index is 12.9. The number of benzene rings is 3. The van der Waals surface area contributed by atoms with Gasteiger partial charge in [0, 0.05) is 12.2 Å². The van der Waals surface area contributed by atoms with Crippen LogP contribution in [0.4, 0.5) is 0 Å². The summed E-state index contributed by atoms with van der Waals surface area (Å²) in [7, 11) is 1.51. The topological polar surface area (TPSA) is 130 Å². The number of aliphatic carboxylic acids is 2. The lowest BCUT2D eigenvalue weighted by atomic mass is 9.96. The van der Waals surface area contributed by atoms with Gasteiger partial charge in [-0.3, -0.25) is 0 Å². The smallest absolute Gasteiger partial charge is 0.338 e. The monoisotopic (exact) mass is 488 g/mol. The number of hydrogen-bond acceptors (Lipinski definition) is 6. The molecule has 8 heteroatoms. The first-order chi connectivity index (χ1) is 17.3. The fraction of sp³-hybridized carbons (Fsp3) is 0.107. The number of hydrogen-bond donors (Lipinski definition) is 3. The quantitative estimate of drug-likeness (QED) is 0.280. The molecule has 0 saturated carbocycles. The van der Waals surface area contributed by atoms with Crippen LogP contribution < -0.4 is 4.74 Å². The van der Waals surface area contributed by atoms with E-state index in [4.69, 9.17) is 19.7 Å². The van der Waals surface area contributed by atoms with E-state index in [0.717, 1.165) is 12.2 Å². The van der Waals surface area contributed by atoms with Gasteiger partial charge in [0.2, 0.25) is 0 Å². The SMILES string of the molecule is COc1ccc(C(=O)OC(c2ccc(/C=C/C(=O)O)cc2)C(O)c2ccc(/C=C/C(=O)O)cc2)cc1. The van der Waals surface area contributed by atoms with Gasteiger partial charge in [0.25, 0.3) is 0 Å². The predicted molar refractivity (Wildman–Crippen MR) is 132 cm³/mol. The van der Waals surface area contributed by atoms with Gasteiger partial charge in [-0.05, 0) is 58.7 Å². The van der Waals surface area contributed by atoms with Crippen molar-refractivity contribution in [3.63, 3.8) is 0 Å². The molecule has 0 aliphatic carbocycles. The molecular formula is C28H24O8. The highest BCUT2D eigenvalue weighted by Gasteiger charge is 2.27. The van der Waals surface area contributed by atoms with Gasteiger partial charge in [0.15, 0.2) is 6.10 Å². The van der Waals surface area contributed by atoms with Crippen molar-refractivity contribution in [1.29, 1.82) is 0 Å². The number of methoxy groups -OCH3 is 1. The molecule has 0 aromatic heterocycles. The summed E-state index contributed by atoms with van der Waals surface area (Å²) in [6.07, 6.45) is 2.52. The van der Waals surface area contributed by atoms with Gasteiger partial charge in [-0.15, -0.1) is 0 Å². The third-order valence-electron chi connectivity index (χ3n) is 5.23. The number of carbonyl (C=O) groups excluding carboxylic acids is 1. The zero-order valence-corrected chi connectivity index (χ0v) is 19.3. The normalized spacial score (nSPS) is 12.8. The number of ether oxygens (including phenoxy) is 2. The minimum atomic E-state index is -1.25. The summed E-state index contributed by atoms with van der Waals surface area (Å²) in [5, 5.41) is 28.8. The van der Waals surface area contributed by atoms with Crippen LogP contribution in [0, 0.1) is 0 Å². The average Bonchev–Trinajstić information content (AvgIpc) is 2.89. The van der Waals surface area contributed by atoms with E-state index in [0.29, 0.717) is 28.0 Å². The van der Waals surface area contributed by atoms with Gasteiger partial charge >= 0.3 is 17.9 Å². The van der Waals surface area contributed by atoms with Crippen LogP contribution in [0.15, 0.2) is 84.9 Å². The minimum absolute atomic E-state index is 0.267. The minimum Gasteiger partial charge on any atom is -0.497 e. The predicted octanol–water partition coefficient (Wildman–Crippen LogP) is 4.52. The number of carbonyl (C=O) groups is 3. The van der Waals surface area contributed by atoms with E-state index in [9.17, 15) is 19.5 Å². The van der Waals surface area contributed by atoms with Gasteiger partial charge in [-0.1, -0.05) is 48.5 Å². The number of aliphatic hydroxyl groups excluding tert-OH is 1. The van der Waals surface area contributed by atoms with Crippen molar-refractivity contribution in [3.8, 4) is 5.75 Å². The van der Waals surface area contributed by atoms with Crippen molar-refractivity contribution in [2.75, 3.05) is 7.11 Å². The van der Waals surface area contributed by atoms with Crippen LogP contribution >= 0.6 is 0 Å². The number of rotatable bonds is 10. The molecular weight excluding hydrogens is 464 g/mol. The molecule has 0 aliphatic rings. The van der Waals surface area contributed by atoms with Crippen molar-refractivity contribution in [3.05, 3.63) is 113 Å². The van der Waals surface area contributed by atoms with E-state index in [1.54, 1.807) is 72.8 Å². The van der Waals surface area contributed by atoms with Crippen LogP contribution in [0.3, 0.4) is 0 Å². The Morgan fingerprint density at radius 2 is 1.19 bits per heavy atom. The maximum Gasteiger partial charge on any atom is 0.338 e. The van der Waals surface area contributed by atoms with E-state index in [-0.39, 0.29) is 5.56 Å². The van der Waals surface area contributed by atoms with Crippen LogP contribution in [0.2, 0.25) is 0 Å². The summed E-state index contributed by atoms with van der Waals surface area (Å²) in [6.45, 7) is 0. The fourth-order valence-electron chi connectivity index (χ4n) is 3.34. The van der Waals surface area contributed by atoms with E-state index in [1.165, 1.54) is 19.3 Å². The molecule has 0 aliphatic heterocycles. The number of carboxylic acids is 2. The molecule has 3 aromatic carbocycles. The summed E-state index contributed by atoms with van der Waals surface area (Å²) in [5.74, 6) is -2.24. The lowest BCUT2D eigenvalue weighted by Crippen LogP contribution is -2.19. The van der Waals surface area contributed by atoms with Crippen LogP contribution in [0.25, 0.3) is 12.2 Å². The second-order valence-electron chi connectivity index (χ2n) is 7.68. The number of esters is 1. The van der Waals surface area contributed by atoms with Crippen LogP contribution in [0.1, 0.15) is 44.8 Å². The Bertz CT molecular complexity index is 1260. The second-order valence-corrected chi connectivity index (χ2v) is 7.68. The summed E-state index contributed by atoms with van der Waals surface area (Å²) >= 11 is 0. The highest BCUT2D eigenvalue weighted by Crippen LogP contribution is 2.33. The van der Waals surface area contributed by atoms with Gasteiger partial charge in [-0.2, -0.15) is 0 Å². The fourth-order valence-corrected chi connectivity index (χ4v) is 3.34. The molecule has 2 atom stereocenters. The molecule has 0 spiro atoms. The van der Waals surface area contributed by atoms with Crippen LogP contribution in [-0.4, -0.2) is 40.3 Å². The van der Waals surface area contributed by atoms with Crippen molar-refractivity contribution in [2.45, 2.75) is 12.2 Å². The van der Waals surface area contributed by atoms with Crippen LogP contribution in [0.5, 0.6) is 5.75 Å². The molecule has 8 nitrogen and oxygen atoms in total. The van der Waals surface area contributed by atoms with Gasteiger partial charge in [-0.25, -0.2) is 14.4 Å². The first-order valence-corrected chi connectivity index (χ1v) is 10.8. The third-order valence-corrected chi connectivity index (χ3v) is 5.23. The van der Waals surface area contributed by atoms with Crippen molar-refractivity contribution in [1.82, 2.24) is 0 Å². The Morgan fingerprint density at radius 3 is 1.64 bits per heavy atom. The largest absolute Gasteiger partial charge is 0.497 e. The average molecular weight is 488 g/mol. The summed E-state index contributed by atoms with van der Waals surface area (Å²) in [6, 6.07) is 19.4.